The topological polar surface area (TPSA) is 117 Å². The number of rotatable bonds is 11. The van der Waals surface area contributed by atoms with Crippen molar-refractivity contribution in [2.75, 3.05) is 28.2 Å². The monoisotopic (exact) mass is 598 g/mol. The summed E-state index contributed by atoms with van der Waals surface area (Å²) < 4.78 is 79.5. The van der Waals surface area contributed by atoms with Crippen LogP contribution in [0.3, 0.4) is 0 Å². The molecule has 0 unspecified atom stereocenters. The van der Waals surface area contributed by atoms with Gasteiger partial charge in [0, 0.05) is 54.7 Å². The molecule has 40 heavy (non-hydrogen) atoms. The Morgan fingerprint density at radius 3 is 2.20 bits per heavy atom. The Kier molecular flexibility index (Phi) is 9.51. The van der Waals surface area contributed by atoms with Gasteiger partial charge in [0.2, 0.25) is 16.0 Å². The fourth-order valence-corrected chi connectivity index (χ4v) is 7.22. The van der Waals surface area contributed by atoms with Gasteiger partial charge in [-0.1, -0.05) is 45.9 Å². The van der Waals surface area contributed by atoms with Crippen LogP contribution in [0, 0.1) is 0 Å². The first-order valence-corrected chi connectivity index (χ1v) is 16.4. The maximum absolute atomic E-state index is 13.7. The number of hydrogen-bond acceptors (Lipinski definition) is 8. The van der Waals surface area contributed by atoms with E-state index in [1.807, 2.05) is 39.8 Å². The van der Waals surface area contributed by atoms with Crippen LogP contribution in [0.1, 0.15) is 44.4 Å². The molecule has 0 radical (unpaired) electrons. The van der Waals surface area contributed by atoms with Gasteiger partial charge in [-0.3, -0.25) is 4.31 Å². The molecule has 3 rings (SSSR count). The molecular weight excluding hydrogens is 564 g/mol. The van der Waals surface area contributed by atoms with Crippen molar-refractivity contribution < 1.29 is 26.2 Å². The number of nitrogens with one attached hydrogen (secondary N) is 2. The van der Waals surface area contributed by atoms with E-state index in [2.05, 4.69) is 25.6 Å². The van der Waals surface area contributed by atoms with Crippen molar-refractivity contribution in [2.45, 2.75) is 57.9 Å². The Hall–Kier alpha value is -3.18. The average Bonchev–Trinajstić information content (AvgIpc) is 2.87. The highest BCUT2D eigenvalue weighted by Crippen LogP contribution is 2.57. The van der Waals surface area contributed by atoms with Gasteiger partial charge in [0.25, 0.3) is 0 Å². The van der Waals surface area contributed by atoms with Crippen molar-refractivity contribution in [1.29, 1.82) is 0 Å². The van der Waals surface area contributed by atoms with Gasteiger partial charge < -0.3 is 15.2 Å². The Balaban J connectivity index is 1.84. The molecule has 0 saturated heterocycles. The molecule has 0 fully saturated rings. The highest BCUT2D eigenvalue weighted by Gasteiger charge is 2.35. The molecule has 0 saturated carbocycles. The van der Waals surface area contributed by atoms with Crippen LogP contribution in [-0.2, 0) is 33.5 Å². The Labute approximate surface area is 233 Å². The Bertz CT molecular complexity index is 1470. The number of benzene rings is 1. The van der Waals surface area contributed by atoms with Crippen molar-refractivity contribution in [3.05, 3.63) is 65.5 Å². The molecule has 3 aromatic rings. The van der Waals surface area contributed by atoms with E-state index in [4.69, 9.17) is 0 Å². The van der Waals surface area contributed by atoms with Crippen molar-refractivity contribution in [1.82, 2.24) is 15.0 Å². The lowest BCUT2D eigenvalue weighted by Crippen LogP contribution is -2.27. The first-order valence-electron chi connectivity index (χ1n) is 12.5. The molecule has 9 nitrogen and oxygen atoms in total. The van der Waals surface area contributed by atoms with E-state index >= 15 is 0 Å². The first-order chi connectivity index (χ1) is 18.5. The molecule has 0 amide bonds. The van der Waals surface area contributed by atoms with Crippen LogP contribution in [0.4, 0.5) is 36.4 Å². The molecule has 14 heteroatoms. The summed E-state index contributed by atoms with van der Waals surface area (Å²) in [7, 11) is -4.78. The Morgan fingerprint density at radius 1 is 1.02 bits per heavy atom. The zero-order valence-electron chi connectivity index (χ0n) is 23.2. The fourth-order valence-electron chi connectivity index (χ4n) is 4.04. The summed E-state index contributed by atoms with van der Waals surface area (Å²) in [6, 6.07) is 10.2. The van der Waals surface area contributed by atoms with Gasteiger partial charge in [-0.05, 0) is 23.8 Å². The molecule has 0 aliphatic heterocycles. The van der Waals surface area contributed by atoms with Gasteiger partial charge in [-0.25, -0.2) is 18.4 Å². The van der Waals surface area contributed by atoms with E-state index in [9.17, 15) is 26.2 Å². The summed E-state index contributed by atoms with van der Waals surface area (Å²) in [5.41, 5.74) is 0.819. The quantitative estimate of drug-likeness (QED) is 0.246. The highest BCUT2D eigenvalue weighted by atomic mass is 32.2. The molecule has 0 spiro atoms. The number of alkyl halides is 3. The lowest BCUT2D eigenvalue weighted by Gasteiger charge is -2.26. The largest absolute Gasteiger partial charge is 0.421 e. The molecular formula is C26H34F3N6O3PS. The Morgan fingerprint density at radius 2 is 1.65 bits per heavy atom. The van der Waals surface area contributed by atoms with Crippen LogP contribution in [0.15, 0.2) is 48.8 Å². The van der Waals surface area contributed by atoms with Crippen LogP contribution in [0.2, 0.25) is 0 Å². The van der Waals surface area contributed by atoms with Crippen molar-refractivity contribution >= 4 is 40.4 Å². The lowest BCUT2D eigenvalue weighted by molar-refractivity contribution is -0.137. The second-order valence-corrected chi connectivity index (χ2v) is 16.1. The first kappa shape index (κ1) is 31.3. The van der Waals surface area contributed by atoms with Crippen LogP contribution in [-0.4, -0.2) is 48.0 Å². The van der Waals surface area contributed by atoms with Crippen molar-refractivity contribution in [3.8, 4) is 0 Å². The van der Waals surface area contributed by atoms with E-state index in [0.717, 1.165) is 16.1 Å². The van der Waals surface area contributed by atoms with Gasteiger partial charge in [-0.2, -0.15) is 18.2 Å². The minimum absolute atomic E-state index is 0.0475. The van der Waals surface area contributed by atoms with E-state index in [-0.39, 0.29) is 29.6 Å². The van der Waals surface area contributed by atoms with E-state index in [1.165, 1.54) is 13.2 Å². The lowest BCUT2D eigenvalue weighted by atomic mass is 10.2. The van der Waals surface area contributed by atoms with Crippen molar-refractivity contribution in [2.24, 2.45) is 0 Å². The van der Waals surface area contributed by atoms with Crippen LogP contribution >= 0.6 is 7.14 Å². The number of halogens is 3. The number of hydrogen-bond donors (Lipinski definition) is 2. The maximum Gasteiger partial charge on any atom is 0.421 e. The average molecular weight is 599 g/mol. The molecule has 0 aliphatic rings. The summed E-state index contributed by atoms with van der Waals surface area (Å²) in [4.78, 5) is 12.0. The highest BCUT2D eigenvalue weighted by molar-refractivity contribution is 7.92. The van der Waals surface area contributed by atoms with Gasteiger partial charge in [0.1, 0.15) is 17.2 Å². The van der Waals surface area contributed by atoms with E-state index in [1.54, 1.807) is 24.3 Å². The van der Waals surface area contributed by atoms with Crippen LogP contribution in [0.25, 0.3) is 0 Å². The molecule has 1 aromatic carbocycles. The standard InChI is InChI=1S/C26H34F3N6O3PS/c1-17(2)39(36,18(3)4)16-19-9-11-21(12-10-19)33-25-32-15-22(26(27,28)29)23(34-25)31-14-20-8-7-13-30-24(20)35(5)40(6,37)38/h7-13,15,17-18H,14,16H2,1-6H3,(H2,31,32,33,34). The molecule has 0 bridgehead atoms. The van der Waals surface area contributed by atoms with Crippen LogP contribution in [0.5, 0.6) is 0 Å². The predicted octanol–water partition coefficient (Wildman–Crippen LogP) is 6.32. The predicted molar refractivity (Wildman–Crippen MR) is 153 cm³/mol. The number of anilines is 4. The number of sulfonamides is 1. The summed E-state index contributed by atoms with van der Waals surface area (Å²) >= 11 is 0. The molecule has 2 heterocycles. The normalized spacial score (nSPS) is 12.6. The second-order valence-electron chi connectivity index (χ2n) is 10.0. The van der Waals surface area contributed by atoms with E-state index < -0.39 is 34.7 Å². The zero-order chi connectivity index (χ0) is 29.9. The smallest absolute Gasteiger partial charge is 0.365 e. The van der Waals surface area contributed by atoms with E-state index in [0.29, 0.717) is 23.6 Å². The summed E-state index contributed by atoms with van der Waals surface area (Å²) in [5, 5.41) is 5.57. The molecule has 0 atom stereocenters. The fraction of sp³-hybridized carbons (Fsp3) is 0.423. The summed E-state index contributed by atoms with van der Waals surface area (Å²) in [6.45, 7) is 7.67. The van der Waals surface area contributed by atoms with Gasteiger partial charge in [0.15, 0.2) is 0 Å². The molecule has 2 aromatic heterocycles. The zero-order valence-corrected chi connectivity index (χ0v) is 24.9. The maximum atomic E-state index is 13.7. The molecule has 218 valence electrons. The number of aromatic nitrogens is 3. The number of nitrogens with zero attached hydrogens (tertiary/aromatic N) is 4. The van der Waals surface area contributed by atoms with Crippen LogP contribution < -0.4 is 14.9 Å². The van der Waals surface area contributed by atoms with Gasteiger partial charge >= 0.3 is 6.18 Å². The second kappa shape index (κ2) is 12.1. The molecule has 2 N–H and O–H groups in total. The third kappa shape index (κ3) is 7.51. The third-order valence-corrected chi connectivity index (χ3v) is 12.1. The number of pyridine rings is 1. The minimum atomic E-state index is -4.73. The SMILES string of the molecule is CC(C)P(=O)(Cc1ccc(Nc2ncc(C(F)(F)F)c(NCc3cccnc3N(C)S(C)(=O)=O)n2)cc1)C(C)C. The minimum Gasteiger partial charge on any atom is -0.365 e. The van der Waals surface area contributed by atoms with Gasteiger partial charge in [0.05, 0.1) is 13.4 Å². The van der Waals surface area contributed by atoms with Crippen molar-refractivity contribution in [3.63, 3.8) is 0 Å². The molecule has 0 aliphatic carbocycles. The van der Waals surface area contributed by atoms with Gasteiger partial charge in [-0.15, -0.1) is 0 Å². The summed E-state index contributed by atoms with van der Waals surface area (Å²) in [6.07, 6.45) is -1.20. The third-order valence-electron chi connectivity index (χ3n) is 6.59. The summed E-state index contributed by atoms with van der Waals surface area (Å²) in [5.74, 6) is -0.468.